The van der Waals surface area contributed by atoms with Gasteiger partial charge in [0.15, 0.2) is 5.11 Å². The molecule has 0 aromatic carbocycles. The van der Waals surface area contributed by atoms with Crippen LogP contribution >= 0.6 is 12.2 Å². The smallest absolute Gasteiger partial charge is 0.229 e. The van der Waals surface area contributed by atoms with E-state index in [0.29, 0.717) is 5.11 Å². The number of likely N-dealkylation sites (N-methyl/N-ethyl adjacent to an activating group) is 1. The number of nitrogens with zero attached hydrogens (tertiary/aromatic N) is 6. The van der Waals surface area contributed by atoms with Gasteiger partial charge in [-0.1, -0.05) is 0 Å². The fourth-order valence-corrected chi connectivity index (χ4v) is 4.95. The highest BCUT2D eigenvalue weighted by atomic mass is 32.1. The van der Waals surface area contributed by atoms with Gasteiger partial charge in [0.2, 0.25) is 5.95 Å². The van der Waals surface area contributed by atoms with Gasteiger partial charge >= 0.3 is 0 Å². The molecule has 3 saturated heterocycles. The van der Waals surface area contributed by atoms with E-state index in [4.69, 9.17) is 32.7 Å². The monoisotopic (exact) mass is 476 g/mol. The Morgan fingerprint density at radius 1 is 1.09 bits per heavy atom. The molecular weight excluding hydrogens is 436 g/mol. The Bertz CT molecular complexity index is 729. The van der Waals surface area contributed by atoms with Crippen molar-refractivity contribution in [1.29, 1.82) is 0 Å². The van der Waals surface area contributed by atoms with Gasteiger partial charge in [-0.25, -0.2) is 0 Å². The largest absolute Gasteiger partial charge is 0.376 e. The molecule has 4 rings (SSSR count). The summed E-state index contributed by atoms with van der Waals surface area (Å²) in [6.07, 6.45) is 7.41. The predicted molar refractivity (Wildman–Crippen MR) is 138 cm³/mol. The van der Waals surface area contributed by atoms with Crippen molar-refractivity contribution in [2.45, 2.75) is 44.6 Å². The average molecular weight is 477 g/mol. The van der Waals surface area contributed by atoms with Crippen LogP contribution in [0, 0.1) is 0 Å². The first-order chi connectivity index (χ1) is 16.1. The van der Waals surface area contributed by atoms with Crippen molar-refractivity contribution in [3.05, 3.63) is 6.07 Å². The number of ether oxygens (including phenoxy) is 1. The normalized spacial score (nSPS) is 20.7. The number of anilines is 3. The third-order valence-corrected chi connectivity index (χ3v) is 7.09. The average Bonchev–Trinajstić information content (AvgIpc) is 3.59. The highest BCUT2D eigenvalue weighted by Crippen LogP contribution is 2.25. The molecule has 3 aliphatic heterocycles. The molecule has 3 N–H and O–H groups in total. The molecule has 1 aromatic heterocycles. The van der Waals surface area contributed by atoms with Crippen molar-refractivity contribution < 1.29 is 4.74 Å². The second kappa shape index (κ2) is 12.0. The first-order valence-electron chi connectivity index (χ1n) is 12.6. The van der Waals surface area contributed by atoms with E-state index in [1.165, 1.54) is 25.7 Å². The second-order valence-corrected chi connectivity index (χ2v) is 9.87. The molecule has 0 saturated carbocycles. The quantitative estimate of drug-likeness (QED) is 0.461. The molecule has 0 bridgehead atoms. The first kappa shape index (κ1) is 24.2. The minimum absolute atomic E-state index is 0.255. The molecule has 0 spiro atoms. The number of hydrogen-bond donors (Lipinski definition) is 2. The summed E-state index contributed by atoms with van der Waals surface area (Å²) in [4.78, 5) is 18.8. The Morgan fingerprint density at radius 3 is 2.48 bits per heavy atom. The van der Waals surface area contributed by atoms with Gasteiger partial charge in [-0.05, 0) is 57.8 Å². The number of thiocarbonyl (C=S) groups is 1. The van der Waals surface area contributed by atoms with Crippen LogP contribution < -0.4 is 20.9 Å². The Morgan fingerprint density at radius 2 is 1.82 bits per heavy atom. The summed E-state index contributed by atoms with van der Waals surface area (Å²) < 4.78 is 5.75. The van der Waals surface area contributed by atoms with Gasteiger partial charge in [-0.3, -0.25) is 0 Å². The summed E-state index contributed by atoms with van der Waals surface area (Å²) in [6, 6.07) is 2.11. The van der Waals surface area contributed by atoms with Gasteiger partial charge < -0.3 is 35.4 Å². The van der Waals surface area contributed by atoms with Crippen LogP contribution in [0.1, 0.15) is 38.5 Å². The molecule has 0 amide bonds. The van der Waals surface area contributed by atoms with Crippen LogP contribution in [0.5, 0.6) is 0 Å². The third kappa shape index (κ3) is 7.04. The molecule has 3 fully saturated rings. The van der Waals surface area contributed by atoms with Crippen LogP contribution in [0.15, 0.2) is 6.07 Å². The highest BCUT2D eigenvalue weighted by Gasteiger charge is 2.21. The minimum Gasteiger partial charge on any atom is -0.376 e. The van der Waals surface area contributed by atoms with Gasteiger partial charge in [0, 0.05) is 71.6 Å². The number of aromatic nitrogens is 2. The van der Waals surface area contributed by atoms with Crippen molar-refractivity contribution in [3.63, 3.8) is 0 Å². The van der Waals surface area contributed by atoms with E-state index in [2.05, 4.69) is 38.0 Å². The molecule has 33 heavy (non-hydrogen) atoms. The lowest BCUT2D eigenvalue weighted by atomic mass is 10.2. The zero-order valence-corrected chi connectivity index (χ0v) is 20.9. The molecule has 0 radical (unpaired) electrons. The van der Waals surface area contributed by atoms with E-state index in [0.717, 1.165) is 95.9 Å². The highest BCUT2D eigenvalue weighted by molar-refractivity contribution is 7.80. The molecule has 3 aliphatic rings. The van der Waals surface area contributed by atoms with Gasteiger partial charge in [0.25, 0.3) is 0 Å². The summed E-state index contributed by atoms with van der Waals surface area (Å²) in [5.74, 6) is 2.85. The van der Waals surface area contributed by atoms with Gasteiger partial charge in [0.05, 0.1) is 6.10 Å². The molecule has 4 heterocycles. The number of nitrogens with one attached hydrogen (secondary N) is 1. The fraction of sp³-hybridized carbons (Fsp3) is 0.783. The SMILES string of the molecule is CN(CCNc1cc(N2CCCC2)nc(N2CCCC2)n1)CCN(CC1CCCO1)C(N)=S. The summed E-state index contributed by atoms with van der Waals surface area (Å²) >= 11 is 5.27. The lowest BCUT2D eigenvalue weighted by Crippen LogP contribution is -2.44. The topological polar surface area (TPSA) is 86.0 Å². The molecular formula is C23H40N8OS. The summed E-state index contributed by atoms with van der Waals surface area (Å²) in [6.45, 7) is 9.37. The van der Waals surface area contributed by atoms with E-state index in [9.17, 15) is 0 Å². The van der Waals surface area contributed by atoms with Gasteiger partial charge in [0.1, 0.15) is 11.6 Å². The van der Waals surface area contributed by atoms with Crippen molar-refractivity contribution in [2.75, 3.05) is 87.7 Å². The Balaban J connectivity index is 1.27. The van der Waals surface area contributed by atoms with Crippen molar-refractivity contribution in [3.8, 4) is 0 Å². The fourth-order valence-electron chi connectivity index (χ4n) is 4.78. The van der Waals surface area contributed by atoms with Crippen molar-refractivity contribution in [1.82, 2.24) is 19.8 Å². The number of rotatable bonds is 11. The van der Waals surface area contributed by atoms with Gasteiger partial charge in [-0.2, -0.15) is 9.97 Å². The first-order valence-corrected chi connectivity index (χ1v) is 13.0. The second-order valence-electron chi connectivity index (χ2n) is 9.45. The lowest BCUT2D eigenvalue weighted by molar-refractivity contribution is 0.0898. The summed E-state index contributed by atoms with van der Waals surface area (Å²) in [5, 5.41) is 4.00. The van der Waals surface area contributed by atoms with Gasteiger partial charge in [-0.15, -0.1) is 0 Å². The van der Waals surface area contributed by atoms with Crippen molar-refractivity contribution >= 4 is 34.9 Å². The third-order valence-electron chi connectivity index (χ3n) is 6.83. The van der Waals surface area contributed by atoms with E-state index in [-0.39, 0.29) is 6.10 Å². The minimum atomic E-state index is 0.255. The zero-order valence-electron chi connectivity index (χ0n) is 20.0. The maximum Gasteiger partial charge on any atom is 0.229 e. The Labute approximate surface area is 203 Å². The molecule has 0 aliphatic carbocycles. The predicted octanol–water partition coefficient (Wildman–Crippen LogP) is 1.75. The van der Waals surface area contributed by atoms with Crippen LogP contribution in [0.25, 0.3) is 0 Å². The van der Waals surface area contributed by atoms with Crippen LogP contribution in [0.3, 0.4) is 0 Å². The van der Waals surface area contributed by atoms with Crippen LogP contribution in [0.2, 0.25) is 0 Å². The maximum absolute atomic E-state index is 5.96. The number of hydrogen-bond acceptors (Lipinski definition) is 8. The maximum atomic E-state index is 5.96. The standard InChI is InChI=1S/C23H40N8OS/c1-28(14-15-31(22(24)33)18-19-7-6-16-32-19)13-8-25-20-17-21(29-9-2-3-10-29)27-23(26-20)30-11-4-5-12-30/h17,19H,2-16,18H2,1H3,(H2,24,33)(H,25,26,27). The van der Waals surface area contributed by atoms with Crippen LogP contribution in [-0.4, -0.2) is 104 Å². The van der Waals surface area contributed by atoms with E-state index in [1.807, 2.05) is 0 Å². The van der Waals surface area contributed by atoms with Crippen LogP contribution in [0.4, 0.5) is 17.6 Å². The van der Waals surface area contributed by atoms with E-state index < -0.39 is 0 Å². The van der Waals surface area contributed by atoms with E-state index >= 15 is 0 Å². The molecule has 10 heteroatoms. The zero-order chi connectivity index (χ0) is 23.0. The molecule has 1 aromatic rings. The molecule has 9 nitrogen and oxygen atoms in total. The lowest BCUT2D eigenvalue weighted by Gasteiger charge is -2.28. The van der Waals surface area contributed by atoms with E-state index in [1.54, 1.807) is 0 Å². The number of nitrogens with two attached hydrogens (primary N) is 1. The molecule has 1 atom stereocenters. The molecule has 184 valence electrons. The Kier molecular flexibility index (Phi) is 8.80. The molecule has 1 unspecified atom stereocenters. The van der Waals surface area contributed by atoms with Crippen molar-refractivity contribution in [2.24, 2.45) is 5.73 Å². The summed E-state index contributed by atoms with van der Waals surface area (Å²) in [5.41, 5.74) is 5.96. The van der Waals surface area contributed by atoms with Crippen LogP contribution in [-0.2, 0) is 4.74 Å². The summed E-state index contributed by atoms with van der Waals surface area (Å²) in [7, 11) is 2.14. The Hall–Kier alpha value is -1.91.